The average Bonchev–Trinajstić information content (AvgIpc) is 3.57. The fourth-order valence-electron chi connectivity index (χ4n) is 5.75. The van der Waals surface area contributed by atoms with E-state index >= 15 is 0 Å². The summed E-state index contributed by atoms with van der Waals surface area (Å²) in [6, 6.07) is -0.634. The van der Waals surface area contributed by atoms with Crippen LogP contribution in [-0.4, -0.2) is 53.7 Å². The summed E-state index contributed by atoms with van der Waals surface area (Å²) >= 11 is 1.47. The van der Waals surface area contributed by atoms with Gasteiger partial charge < -0.3 is 15.5 Å². The van der Waals surface area contributed by atoms with Crippen LogP contribution in [0.3, 0.4) is 0 Å². The van der Waals surface area contributed by atoms with Crippen molar-refractivity contribution in [3.63, 3.8) is 0 Å². The van der Waals surface area contributed by atoms with Crippen LogP contribution in [0.1, 0.15) is 86.8 Å². The van der Waals surface area contributed by atoms with E-state index in [1.54, 1.807) is 7.05 Å². The number of nitrogens with one attached hydrogen (secondary N) is 2. The second-order valence-electron chi connectivity index (χ2n) is 10.7. The maximum Gasteiger partial charge on any atom is 0.246 e. The van der Waals surface area contributed by atoms with E-state index in [2.05, 4.69) is 30.6 Å². The number of amides is 2. The highest BCUT2D eigenvalue weighted by Crippen LogP contribution is 2.37. The molecule has 0 radical (unpaired) electrons. The third kappa shape index (κ3) is 6.14. The van der Waals surface area contributed by atoms with Crippen LogP contribution in [0.4, 0.5) is 0 Å². The smallest absolute Gasteiger partial charge is 0.246 e. The molecule has 7 nitrogen and oxygen atoms in total. The highest BCUT2D eigenvalue weighted by molar-refractivity contribution is 7.09. The number of aromatic nitrogens is 1. The van der Waals surface area contributed by atoms with Crippen LogP contribution in [-0.2, 0) is 9.59 Å². The van der Waals surface area contributed by atoms with Gasteiger partial charge in [0.05, 0.1) is 12.6 Å². The highest BCUT2D eigenvalue weighted by atomic mass is 32.1. The van der Waals surface area contributed by atoms with Gasteiger partial charge in [0.25, 0.3) is 0 Å². The monoisotopic (exact) mass is 512 g/mol. The zero-order valence-electron chi connectivity index (χ0n) is 21.8. The van der Waals surface area contributed by atoms with Crippen molar-refractivity contribution in [2.75, 3.05) is 20.1 Å². The van der Waals surface area contributed by atoms with Crippen molar-refractivity contribution in [2.45, 2.75) is 77.3 Å². The van der Waals surface area contributed by atoms with Crippen LogP contribution >= 0.6 is 11.3 Å². The van der Waals surface area contributed by atoms with Gasteiger partial charge in [-0.05, 0) is 51.0 Å². The number of carbonyl (C=O) groups is 3. The molecule has 3 atom stereocenters. The number of likely N-dealkylation sites (N-methyl/N-ethyl adjacent to an activating group) is 1. The minimum atomic E-state index is -0.499. The Morgan fingerprint density at radius 3 is 2.64 bits per heavy atom. The molecule has 2 N–H and O–H groups in total. The first-order valence-electron chi connectivity index (χ1n) is 13.5. The van der Waals surface area contributed by atoms with Gasteiger partial charge in [-0.25, -0.2) is 4.98 Å². The maximum absolute atomic E-state index is 13.8. The molecular weight excluding hydrogens is 472 g/mol. The zero-order chi connectivity index (χ0) is 25.7. The van der Waals surface area contributed by atoms with Gasteiger partial charge in [0.2, 0.25) is 11.8 Å². The molecule has 1 aliphatic heterocycles. The molecular formula is C28H40N4O3S. The molecule has 1 saturated heterocycles. The normalized spacial score (nSPS) is 23.6. The number of likely N-dealkylation sites (tertiary alicyclic amines) is 1. The summed E-state index contributed by atoms with van der Waals surface area (Å²) in [7, 11) is 1.73. The predicted octanol–water partition coefficient (Wildman–Crippen LogP) is 4.43. The summed E-state index contributed by atoms with van der Waals surface area (Å²) in [5, 5.41) is 8.60. The zero-order valence-corrected chi connectivity index (χ0v) is 22.6. The van der Waals surface area contributed by atoms with Gasteiger partial charge in [0, 0.05) is 17.8 Å². The molecule has 0 bridgehead atoms. The molecule has 8 heteroatoms. The van der Waals surface area contributed by atoms with Crippen molar-refractivity contribution in [2.24, 2.45) is 17.8 Å². The highest BCUT2D eigenvalue weighted by Gasteiger charge is 2.40. The van der Waals surface area contributed by atoms with Crippen LogP contribution in [0.5, 0.6) is 0 Å². The summed E-state index contributed by atoms with van der Waals surface area (Å²) in [4.78, 5) is 46.2. The van der Waals surface area contributed by atoms with Crippen molar-refractivity contribution >= 4 is 28.9 Å². The lowest BCUT2D eigenvalue weighted by Gasteiger charge is -2.34. The lowest BCUT2D eigenvalue weighted by Crippen LogP contribution is -2.53. The molecule has 3 aliphatic rings. The van der Waals surface area contributed by atoms with Crippen molar-refractivity contribution in [1.29, 1.82) is 0 Å². The Morgan fingerprint density at radius 2 is 1.92 bits per heavy atom. The van der Waals surface area contributed by atoms with E-state index in [1.807, 2.05) is 22.4 Å². The Kier molecular flexibility index (Phi) is 9.12. The van der Waals surface area contributed by atoms with Crippen molar-refractivity contribution in [3.8, 4) is 0 Å². The number of rotatable bonds is 9. The standard InChI is InChI=1S/C28H40N4O3S/c1-18(2)20-11-7-12-21(15-20)26(34)22-17-36-27(30-22)23-13-8-14-32(23)28(35)25(31-24(33)16-29-3)19-9-5-4-6-10-19/h7,11-12,17-19,21,23,25,29H,4-6,8-10,13-16H2,1-3H3,(H,31,33). The number of carbonyl (C=O) groups excluding carboxylic acids is 3. The van der Waals surface area contributed by atoms with Gasteiger partial charge in [-0.2, -0.15) is 0 Å². The number of nitrogens with zero attached hydrogens (tertiary/aromatic N) is 2. The first-order chi connectivity index (χ1) is 17.4. The number of ketones is 1. The molecule has 1 aromatic rings. The van der Waals surface area contributed by atoms with Crippen LogP contribution in [0, 0.1) is 17.8 Å². The van der Waals surface area contributed by atoms with Crippen LogP contribution in [0.2, 0.25) is 0 Å². The molecule has 3 unspecified atom stereocenters. The second kappa shape index (κ2) is 12.3. The van der Waals surface area contributed by atoms with Gasteiger partial charge >= 0.3 is 0 Å². The van der Waals surface area contributed by atoms with Gasteiger partial charge in [0.1, 0.15) is 16.7 Å². The number of hydrogen-bond acceptors (Lipinski definition) is 6. The Labute approximate surface area is 218 Å². The Bertz CT molecular complexity index is 1010. The summed E-state index contributed by atoms with van der Waals surface area (Å²) in [5.41, 5.74) is 1.79. The van der Waals surface area contributed by atoms with E-state index in [-0.39, 0.29) is 42.0 Å². The van der Waals surface area contributed by atoms with E-state index in [9.17, 15) is 14.4 Å². The van der Waals surface area contributed by atoms with Crippen molar-refractivity contribution in [1.82, 2.24) is 20.5 Å². The fourth-order valence-corrected chi connectivity index (χ4v) is 6.71. The molecule has 2 amide bonds. The third-order valence-corrected chi connectivity index (χ3v) is 8.77. The first kappa shape index (κ1) is 26.7. The van der Waals surface area contributed by atoms with Crippen LogP contribution in [0.25, 0.3) is 0 Å². The topological polar surface area (TPSA) is 91.4 Å². The van der Waals surface area contributed by atoms with Gasteiger partial charge in [-0.15, -0.1) is 11.3 Å². The van der Waals surface area contributed by atoms with Gasteiger partial charge in [-0.1, -0.05) is 56.9 Å². The van der Waals surface area contributed by atoms with E-state index in [1.165, 1.54) is 23.3 Å². The number of allylic oxidation sites excluding steroid dienone is 4. The summed E-state index contributed by atoms with van der Waals surface area (Å²) < 4.78 is 0. The maximum atomic E-state index is 13.8. The molecule has 0 aromatic carbocycles. The Balaban J connectivity index is 1.48. The summed E-state index contributed by atoms with van der Waals surface area (Å²) in [6.07, 6.45) is 13.9. The minimum absolute atomic E-state index is 0.00106. The molecule has 2 aliphatic carbocycles. The van der Waals surface area contributed by atoms with E-state index < -0.39 is 6.04 Å². The molecule has 4 rings (SSSR count). The predicted molar refractivity (Wildman–Crippen MR) is 143 cm³/mol. The SMILES string of the molecule is CNCC(=O)NC(C(=O)N1CCCC1c1nc(C(=O)C2C=CC=C(C(C)C)C2)cs1)C1CCCCC1. The first-order valence-corrected chi connectivity index (χ1v) is 14.4. The Morgan fingerprint density at radius 1 is 1.14 bits per heavy atom. The molecule has 0 spiro atoms. The van der Waals surface area contributed by atoms with E-state index in [0.29, 0.717) is 18.2 Å². The van der Waals surface area contributed by atoms with Crippen LogP contribution in [0.15, 0.2) is 29.2 Å². The largest absolute Gasteiger partial charge is 0.343 e. The van der Waals surface area contributed by atoms with Gasteiger partial charge in [0.15, 0.2) is 5.78 Å². The van der Waals surface area contributed by atoms with Crippen molar-refractivity contribution in [3.05, 3.63) is 39.9 Å². The van der Waals surface area contributed by atoms with Gasteiger partial charge in [-0.3, -0.25) is 14.4 Å². The molecule has 2 heterocycles. The van der Waals surface area contributed by atoms with E-state index in [0.717, 1.165) is 50.0 Å². The third-order valence-electron chi connectivity index (χ3n) is 7.82. The summed E-state index contributed by atoms with van der Waals surface area (Å²) in [5.74, 6) is 0.313. The van der Waals surface area contributed by atoms with Crippen molar-refractivity contribution < 1.29 is 14.4 Å². The summed E-state index contributed by atoms with van der Waals surface area (Å²) in [6.45, 7) is 5.16. The quantitative estimate of drug-likeness (QED) is 0.478. The molecule has 36 heavy (non-hydrogen) atoms. The lowest BCUT2D eigenvalue weighted by atomic mass is 9.83. The van der Waals surface area contributed by atoms with E-state index in [4.69, 9.17) is 4.98 Å². The molecule has 1 aromatic heterocycles. The fraction of sp³-hybridized carbons (Fsp3) is 0.643. The Hall–Kier alpha value is -2.32. The lowest BCUT2D eigenvalue weighted by molar-refractivity contribution is -0.139. The van der Waals surface area contributed by atoms with Crippen LogP contribution < -0.4 is 10.6 Å². The average molecular weight is 513 g/mol. The second-order valence-corrected chi connectivity index (χ2v) is 11.6. The number of Topliss-reactive ketones (excluding diaryl/α,β-unsaturated/α-hetero) is 1. The molecule has 2 fully saturated rings. The number of hydrogen-bond donors (Lipinski definition) is 2. The molecule has 1 saturated carbocycles. The number of thiazole rings is 1. The molecule has 196 valence electrons. The minimum Gasteiger partial charge on any atom is -0.343 e.